The van der Waals surface area contributed by atoms with Crippen LogP contribution in [0.4, 0.5) is 5.82 Å². The molecule has 1 amide bonds. The minimum atomic E-state index is -0.301. The average Bonchev–Trinajstić information content (AvgIpc) is 3.32. The van der Waals surface area contributed by atoms with Gasteiger partial charge in [0.1, 0.15) is 11.6 Å². The van der Waals surface area contributed by atoms with Gasteiger partial charge in [0.25, 0.3) is 11.5 Å². The van der Waals surface area contributed by atoms with Crippen LogP contribution in [0.2, 0.25) is 0 Å². The Labute approximate surface area is 173 Å². The van der Waals surface area contributed by atoms with Crippen molar-refractivity contribution >= 4 is 11.7 Å². The average molecular weight is 405 g/mol. The quantitative estimate of drug-likeness (QED) is 0.656. The third-order valence-corrected chi connectivity index (χ3v) is 5.57. The Hall–Kier alpha value is -3.42. The summed E-state index contributed by atoms with van der Waals surface area (Å²) in [5.74, 6) is 1.58. The van der Waals surface area contributed by atoms with Crippen LogP contribution in [0.1, 0.15) is 47.7 Å². The molecule has 3 aromatic rings. The smallest absolute Gasteiger partial charge is 0.263 e. The van der Waals surface area contributed by atoms with Gasteiger partial charge in [0.15, 0.2) is 6.61 Å². The SMILES string of the molecule is Cc1ccccc1OCC(=O)Nc1cc(C2CC2)nn1-c1nc2c(c(=O)[nH]1)CCC2. The van der Waals surface area contributed by atoms with Gasteiger partial charge < -0.3 is 10.1 Å². The molecule has 8 nitrogen and oxygen atoms in total. The summed E-state index contributed by atoms with van der Waals surface area (Å²) in [5, 5.41) is 7.49. The Balaban J connectivity index is 1.40. The highest BCUT2D eigenvalue weighted by Gasteiger charge is 2.29. The van der Waals surface area contributed by atoms with E-state index in [2.05, 4.69) is 20.4 Å². The van der Waals surface area contributed by atoms with E-state index in [4.69, 9.17) is 4.74 Å². The minimum absolute atomic E-state index is 0.122. The van der Waals surface area contributed by atoms with Gasteiger partial charge in [-0.05, 0) is 50.7 Å². The molecular weight excluding hydrogens is 382 g/mol. The van der Waals surface area contributed by atoms with Crippen LogP contribution in [0.3, 0.4) is 0 Å². The highest BCUT2D eigenvalue weighted by atomic mass is 16.5. The fourth-order valence-corrected chi connectivity index (χ4v) is 3.80. The van der Waals surface area contributed by atoms with Gasteiger partial charge in [0.05, 0.1) is 11.4 Å². The molecule has 1 fully saturated rings. The molecule has 0 aliphatic heterocycles. The molecule has 0 saturated heterocycles. The second kappa shape index (κ2) is 7.44. The van der Waals surface area contributed by atoms with Crippen LogP contribution in [0, 0.1) is 6.92 Å². The fourth-order valence-electron chi connectivity index (χ4n) is 3.80. The zero-order valence-electron chi connectivity index (χ0n) is 16.8. The Morgan fingerprint density at radius 2 is 2.13 bits per heavy atom. The number of aromatic amines is 1. The summed E-state index contributed by atoms with van der Waals surface area (Å²) >= 11 is 0. The lowest BCUT2D eigenvalue weighted by Crippen LogP contribution is -2.24. The Morgan fingerprint density at radius 3 is 2.93 bits per heavy atom. The Morgan fingerprint density at radius 1 is 1.30 bits per heavy atom. The van der Waals surface area contributed by atoms with Crippen LogP contribution in [0.5, 0.6) is 5.75 Å². The number of benzene rings is 1. The summed E-state index contributed by atoms with van der Waals surface area (Å²) in [6, 6.07) is 9.41. The number of fused-ring (bicyclic) bond motifs is 1. The summed E-state index contributed by atoms with van der Waals surface area (Å²) in [7, 11) is 0. The van der Waals surface area contributed by atoms with Gasteiger partial charge in [-0.15, -0.1) is 0 Å². The van der Waals surface area contributed by atoms with Gasteiger partial charge in [-0.25, -0.2) is 4.98 Å². The number of anilines is 1. The molecule has 154 valence electrons. The second-order valence-electron chi connectivity index (χ2n) is 7.91. The normalized spacial score (nSPS) is 15.1. The van der Waals surface area contributed by atoms with E-state index >= 15 is 0 Å². The number of amides is 1. The summed E-state index contributed by atoms with van der Waals surface area (Å²) in [4.78, 5) is 32.4. The summed E-state index contributed by atoms with van der Waals surface area (Å²) in [6.07, 6.45) is 4.63. The number of aryl methyl sites for hydroxylation is 2. The molecule has 5 rings (SSSR count). The first-order valence-electron chi connectivity index (χ1n) is 10.3. The first-order valence-corrected chi connectivity index (χ1v) is 10.3. The van der Waals surface area contributed by atoms with Crippen molar-refractivity contribution in [3.8, 4) is 11.7 Å². The van der Waals surface area contributed by atoms with Gasteiger partial charge in [0.2, 0.25) is 5.95 Å². The van der Waals surface area contributed by atoms with Crippen molar-refractivity contribution < 1.29 is 9.53 Å². The Bertz CT molecular complexity index is 1180. The van der Waals surface area contributed by atoms with Crippen LogP contribution in [-0.2, 0) is 17.6 Å². The lowest BCUT2D eigenvalue weighted by atomic mass is 10.2. The zero-order valence-corrected chi connectivity index (χ0v) is 16.8. The molecule has 2 aliphatic rings. The van der Waals surface area contributed by atoms with Crippen LogP contribution in [-0.4, -0.2) is 32.3 Å². The third-order valence-electron chi connectivity index (χ3n) is 5.57. The van der Waals surface area contributed by atoms with Crippen molar-refractivity contribution in [3.05, 3.63) is 63.2 Å². The standard InChI is InChI=1S/C22H23N5O3/c1-13-5-2-3-8-18(13)30-12-20(28)24-19-11-17(14-9-10-14)26-27(19)22-23-16-7-4-6-15(16)21(29)25-22/h2-3,5,8,11,14H,4,6-7,9-10,12H2,1H3,(H,24,28)(H,23,25,29). The third kappa shape index (κ3) is 3.60. The number of ether oxygens (including phenoxy) is 1. The molecule has 2 N–H and O–H groups in total. The van der Waals surface area contributed by atoms with E-state index in [0.717, 1.165) is 54.6 Å². The van der Waals surface area contributed by atoms with Crippen LogP contribution < -0.4 is 15.6 Å². The molecule has 0 radical (unpaired) electrons. The van der Waals surface area contributed by atoms with Crippen LogP contribution >= 0.6 is 0 Å². The van der Waals surface area contributed by atoms with E-state index in [9.17, 15) is 9.59 Å². The van der Waals surface area contributed by atoms with Crippen molar-refractivity contribution in [1.29, 1.82) is 0 Å². The Kier molecular flexibility index (Phi) is 4.61. The van der Waals surface area contributed by atoms with Crippen molar-refractivity contribution in [3.63, 3.8) is 0 Å². The number of para-hydroxylation sites is 1. The lowest BCUT2D eigenvalue weighted by Gasteiger charge is -2.11. The maximum absolute atomic E-state index is 12.6. The number of nitrogens with zero attached hydrogens (tertiary/aromatic N) is 3. The van der Waals surface area contributed by atoms with Crippen LogP contribution in [0.15, 0.2) is 35.1 Å². The van der Waals surface area contributed by atoms with Crippen LogP contribution in [0.25, 0.3) is 5.95 Å². The lowest BCUT2D eigenvalue weighted by molar-refractivity contribution is -0.118. The number of hydrogen-bond acceptors (Lipinski definition) is 5. The molecule has 30 heavy (non-hydrogen) atoms. The molecule has 1 aromatic carbocycles. The van der Waals surface area contributed by atoms with Gasteiger partial charge >= 0.3 is 0 Å². The first-order chi connectivity index (χ1) is 14.6. The van der Waals surface area contributed by atoms with Crippen molar-refractivity contribution in [2.45, 2.75) is 44.9 Å². The predicted molar refractivity (Wildman–Crippen MR) is 111 cm³/mol. The number of carbonyl (C=O) groups is 1. The highest BCUT2D eigenvalue weighted by molar-refractivity contribution is 5.91. The summed E-state index contributed by atoms with van der Waals surface area (Å²) in [5.41, 5.74) is 3.30. The summed E-state index contributed by atoms with van der Waals surface area (Å²) in [6.45, 7) is 1.81. The molecule has 0 unspecified atom stereocenters. The number of hydrogen-bond donors (Lipinski definition) is 2. The first kappa shape index (κ1) is 18.6. The maximum Gasteiger partial charge on any atom is 0.263 e. The molecule has 2 aliphatic carbocycles. The molecule has 0 spiro atoms. The number of carbonyl (C=O) groups excluding carboxylic acids is 1. The number of aromatic nitrogens is 4. The molecule has 1 saturated carbocycles. The van der Waals surface area contributed by atoms with Crippen molar-refractivity contribution in [2.75, 3.05) is 11.9 Å². The monoisotopic (exact) mass is 405 g/mol. The van der Waals surface area contributed by atoms with Gasteiger partial charge in [0, 0.05) is 17.5 Å². The van der Waals surface area contributed by atoms with E-state index in [-0.39, 0.29) is 18.1 Å². The van der Waals surface area contributed by atoms with E-state index < -0.39 is 0 Å². The molecule has 0 bridgehead atoms. The number of H-pyrrole nitrogens is 1. The number of nitrogens with one attached hydrogen (secondary N) is 2. The molecule has 2 aromatic heterocycles. The maximum atomic E-state index is 12.6. The molecule has 2 heterocycles. The molecular formula is C22H23N5O3. The van der Waals surface area contributed by atoms with E-state index in [1.54, 1.807) is 0 Å². The van der Waals surface area contributed by atoms with Crippen molar-refractivity contribution in [1.82, 2.24) is 19.7 Å². The van der Waals surface area contributed by atoms with E-state index in [1.165, 1.54) is 4.68 Å². The highest BCUT2D eigenvalue weighted by Crippen LogP contribution is 2.40. The van der Waals surface area contributed by atoms with E-state index in [1.807, 2.05) is 37.3 Å². The topological polar surface area (TPSA) is 102 Å². The van der Waals surface area contributed by atoms with Crippen molar-refractivity contribution in [2.24, 2.45) is 0 Å². The molecule has 0 atom stereocenters. The van der Waals surface area contributed by atoms with Gasteiger partial charge in [-0.3, -0.25) is 14.6 Å². The number of rotatable bonds is 6. The minimum Gasteiger partial charge on any atom is -0.483 e. The van der Waals surface area contributed by atoms with Gasteiger partial charge in [-0.1, -0.05) is 18.2 Å². The molecule has 8 heteroatoms. The summed E-state index contributed by atoms with van der Waals surface area (Å²) < 4.78 is 7.17. The predicted octanol–water partition coefficient (Wildman–Crippen LogP) is 2.65. The largest absolute Gasteiger partial charge is 0.483 e. The van der Waals surface area contributed by atoms with Gasteiger partial charge in [-0.2, -0.15) is 9.78 Å². The second-order valence-corrected chi connectivity index (χ2v) is 7.91. The fraction of sp³-hybridized carbons (Fsp3) is 0.364. The van der Waals surface area contributed by atoms with E-state index in [0.29, 0.717) is 23.4 Å². The zero-order chi connectivity index (χ0) is 20.7.